The van der Waals surface area contributed by atoms with Crippen LogP contribution in [0.5, 0.6) is 0 Å². The van der Waals surface area contributed by atoms with Crippen molar-refractivity contribution in [1.29, 1.82) is 0 Å². The van der Waals surface area contributed by atoms with Crippen molar-refractivity contribution in [1.82, 2.24) is 4.90 Å². The van der Waals surface area contributed by atoms with Crippen LogP contribution in [0.3, 0.4) is 0 Å². The molecule has 7 heteroatoms. The number of hydrogen-bond donors (Lipinski definition) is 1. The van der Waals surface area contributed by atoms with Crippen LogP contribution in [0.1, 0.15) is 69.3 Å². The van der Waals surface area contributed by atoms with Crippen molar-refractivity contribution in [3.8, 4) is 0 Å². The zero-order chi connectivity index (χ0) is 22.0. The van der Waals surface area contributed by atoms with Gasteiger partial charge in [-0.3, -0.25) is 4.79 Å². The lowest BCUT2D eigenvalue weighted by Crippen LogP contribution is -2.46. The third kappa shape index (κ3) is 10.6. The van der Waals surface area contributed by atoms with Gasteiger partial charge in [-0.2, -0.15) is 0 Å². The fourth-order valence-corrected chi connectivity index (χ4v) is 4.30. The molecule has 5 nitrogen and oxygen atoms in total. The highest BCUT2D eigenvalue weighted by Crippen LogP contribution is 2.24. The maximum Gasteiger partial charge on any atom is 0.335 e. The molecule has 0 spiro atoms. The molecular weight excluding hydrogens is 418 g/mol. The van der Waals surface area contributed by atoms with Gasteiger partial charge in [-0.1, -0.05) is 59.1 Å². The Balaban J connectivity index is 0.00000841. The molecule has 0 saturated carbocycles. The fraction of sp³-hybridized carbons (Fsp3) is 0.652. The average molecular weight is 458 g/mol. The minimum Gasteiger partial charge on any atom is -0.478 e. The highest BCUT2D eigenvalue weighted by molar-refractivity contribution is 6.48. The van der Waals surface area contributed by atoms with E-state index in [-0.39, 0.29) is 41.8 Å². The van der Waals surface area contributed by atoms with Crippen LogP contribution in [0.25, 0.3) is 0 Å². The van der Waals surface area contributed by atoms with Gasteiger partial charge in [0.2, 0.25) is 5.91 Å². The maximum atomic E-state index is 13.1. The van der Waals surface area contributed by atoms with Crippen LogP contribution in [0.15, 0.2) is 24.3 Å². The number of carbonyl (C=O) groups is 2. The lowest BCUT2D eigenvalue weighted by atomic mass is 9.88. The Morgan fingerprint density at radius 1 is 1.10 bits per heavy atom. The van der Waals surface area contributed by atoms with Gasteiger partial charge >= 0.3 is 5.97 Å². The first-order chi connectivity index (χ1) is 13.5. The van der Waals surface area contributed by atoms with Crippen LogP contribution in [-0.2, 0) is 15.6 Å². The third-order valence-corrected chi connectivity index (χ3v) is 5.85. The number of carboxylic acid groups (broad SMARTS) is 1. The Hall–Kier alpha value is -1.37. The van der Waals surface area contributed by atoms with Crippen LogP contribution in [0.4, 0.5) is 0 Å². The predicted octanol–water partition coefficient (Wildman–Crippen LogP) is 5.17. The Labute approximate surface area is 190 Å². The molecular formula is C23H40ClNO4Si. The van der Waals surface area contributed by atoms with Gasteiger partial charge in [-0.15, -0.1) is 12.4 Å². The second-order valence-electron chi connectivity index (χ2n) is 9.12. The molecule has 30 heavy (non-hydrogen) atoms. The van der Waals surface area contributed by atoms with E-state index in [0.29, 0.717) is 6.54 Å². The van der Waals surface area contributed by atoms with Crippen LogP contribution >= 0.6 is 12.4 Å². The van der Waals surface area contributed by atoms with Crippen LogP contribution < -0.4 is 0 Å². The summed E-state index contributed by atoms with van der Waals surface area (Å²) in [5.74, 6) is -0.878. The summed E-state index contributed by atoms with van der Waals surface area (Å²) >= 11 is 0. The minimum absolute atomic E-state index is 0. The van der Waals surface area contributed by atoms with Crippen LogP contribution in [0, 0.1) is 5.41 Å². The Morgan fingerprint density at radius 3 is 2.17 bits per heavy atom. The largest absolute Gasteiger partial charge is 0.478 e. The molecule has 0 heterocycles. The van der Waals surface area contributed by atoms with Crippen molar-refractivity contribution in [2.24, 2.45) is 5.41 Å². The SMILES string of the molecule is CCCCCCN(CC(O[SiH](C)C)C(C)(C)C)C(=O)Cc1ccc(C(=O)O)cc1.Cl. The maximum absolute atomic E-state index is 13.1. The van der Waals surface area contributed by atoms with Gasteiger partial charge in [0.05, 0.1) is 18.1 Å². The number of halogens is 1. The highest BCUT2D eigenvalue weighted by atomic mass is 35.5. The van der Waals surface area contributed by atoms with E-state index in [1.54, 1.807) is 24.3 Å². The number of benzene rings is 1. The molecule has 1 atom stereocenters. The standard InChI is InChI=1S/C23H39NO4Si.ClH/c1-7-8-9-10-15-24(17-20(23(2,3)4)28-29(5)6)21(25)16-18-11-13-19(14-12-18)22(26)27;/h11-14,20,29H,7-10,15-17H2,1-6H3,(H,26,27);1H. The fourth-order valence-electron chi connectivity index (χ4n) is 3.15. The summed E-state index contributed by atoms with van der Waals surface area (Å²) in [5.41, 5.74) is 1.04. The molecule has 1 aromatic carbocycles. The van der Waals surface area contributed by atoms with Gasteiger partial charge in [0.25, 0.3) is 0 Å². The number of hydrogen-bond acceptors (Lipinski definition) is 3. The molecule has 0 radical (unpaired) electrons. The molecule has 0 aliphatic rings. The van der Waals surface area contributed by atoms with Crippen LogP contribution in [0.2, 0.25) is 13.1 Å². The van der Waals surface area contributed by atoms with Crippen molar-refractivity contribution in [2.45, 2.75) is 79.0 Å². The predicted molar refractivity (Wildman–Crippen MR) is 128 cm³/mol. The lowest BCUT2D eigenvalue weighted by molar-refractivity contribution is -0.132. The summed E-state index contributed by atoms with van der Waals surface area (Å²) in [6.45, 7) is 14.3. The Morgan fingerprint density at radius 2 is 1.70 bits per heavy atom. The van der Waals surface area contributed by atoms with Gasteiger partial charge in [-0.25, -0.2) is 4.79 Å². The lowest BCUT2D eigenvalue weighted by Gasteiger charge is -2.37. The number of unbranched alkanes of at least 4 members (excludes halogenated alkanes) is 3. The smallest absolute Gasteiger partial charge is 0.335 e. The van der Waals surface area contributed by atoms with E-state index in [9.17, 15) is 9.59 Å². The molecule has 0 bridgehead atoms. The molecule has 0 saturated heterocycles. The van der Waals surface area contributed by atoms with Gasteiger partial charge in [0.1, 0.15) is 0 Å². The Kier molecular flexibility index (Phi) is 13.2. The van der Waals surface area contributed by atoms with E-state index in [1.807, 2.05) is 4.90 Å². The van der Waals surface area contributed by atoms with E-state index in [4.69, 9.17) is 9.53 Å². The first-order valence-electron chi connectivity index (χ1n) is 10.8. The molecule has 1 N–H and O–H groups in total. The summed E-state index contributed by atoms with van der Waals surface area (Å²) < 4.78 is 6.29. The molecule has 1 aromatic rings. The first kappa shape index (κ1) is 28.6. The van der Waals surface area contributed by atoms with E-state index in [1.165, 1.54) is 6.42 Å². The molecule has 1 unspecified atom stereocenters. The van der Waals surface area contributed by atoms with Gasteiger partial charge in [0, 0.05) is 13.1 Å². The van der Waals surface area contributed by atoms with Gasteiger partial charge in [0.15, 0.2) is 9.04 Å². The third-order valence-electron chi connectivity index (χ3n) is 4.98. The van der Waals surface area contributed by atoms with E-state index >= 15 is 0 Å². The molecule has 0 aromatic heterocycles. The highest BCUT2D eigenvalue weighted by Gasteiger charge is 2.29. The topological polar surface area (TPSA) is 66.8 Å². The number of amides is 1. The van der Waals surface area contributed by atoms with Crippen molar-refractivity contribution >= 4 is 33.3 Å². The summed E-state index contributed by atoms with van der Waals surface area (Å²) in [6.07, 6.45) is 4.75. The number of rotatable bonds is 12. The van der Waals surface area contributed by atoms with Gasteiger partial charge in [-0.05, 0) is 42.6 Å². The van der Waals surface area contributed by atoms with E-state index in [0.717, 1.165) is 31.4 Å². The second-order valence-corrected chi connectivity index (χ2v) is 11.5. The zero-order valence-electron chi connectivity index (χ0n) is 19.4. The summed E-state index contributed by atoms with van der Waals surface area (Å²) in [4.78, 5) is 26.1. The number of carbonyl (C=O) groups excluding carboxylic acids is 1. The van der Waals surface area contributed by atoms with E-state index < -0.39 is 15.0 Å². The van der Waals surface area contributed by atoms with Gasteiger partial charge < -0.3 is 14.4 Å². The summed E-state index contributed by atoms with van der Waals surface area (Å²) in [5, 5.41) is 9.05. The molecule has 0 aliphatic heterocycles. The molecule has 1 amide bonds. The zero-order valence-corrected chi connectivity index (χ0v) is 21.4. The molecule has 0 aliphatic carbocycles. The van der Waals surface area contributed by atoms with Crippen molar-refractivity contribution < 1.29 is 19.1 Å². The quantitative estimate of drug-likeness (QED) is 0.347. The normalized spacial score (nSPS) is 12.4. The average Bonchev–Trinajstić information content (AvgIpc) is 2.62. The van der Waals surface area contributed by atoms with Crippen molar-refractivity contribution in [2.75, 3.05) is 13.1 Å². The molecule has 1 rings (SSSR count). The number of aromatic carboxylic acids is 1. The number of nitrogens with zero attached hydrogens (tertiary/aromatic N) is 1. The van der Waals surface area contributed by atoms with Crippen LogP contribution in [-0.4, -0.2) is 50.1 Å². The summed E-state index contributed by atoms with van der Waals surface area (Å²) in [7, 11) is -1.23. The molecule has 0 fully saturated rings. The minimum atomic E-state index is -1.23. The Bertz CT molecular complexity index is 644. The first-order valence-corrected chi connectivity index (χ1v) is 13.6. The van der Waals surface area contributed by atoms with Crippen molar-refractivity contribution in [3.05, 3.63) is 35.4 Å². The molecule has 172 valence electrons. The monoisotopic (exact) mass is 457 g/mol. The van der Waals surface area contributed by atoms with Crippen molar-refractivity contribution in [3.63, 3.8) is 0 Å². The number of carboxylic acids is 1. The summed E-state index contributed by atoms with van der Waals surface area (Å²) in [6, 6.07) is 6.58. The second kappa shape index (κ2) is 13.8. The van der Waals surface area contributed by atoms with E-state index in [2.05, 4.69) is 40.8 Å².